The van der Waals surface area contributed by atoms with Crippen molar-refractivity contribution in [1.82, 2.24) is 9.62 Å². The first-order valence-electron chi connectivity index (χ1n) is 7.04. The fraction of sp³-hybridized carbons (Fsp3) is 0.917. The normalized spacial score (nSPS) is 23.8. The van der Waals surface area contributed by atoms with Crippen molar-refractivity contribution in [2.24, 2.45) is 5.73 Å². The molecule has 19 heavy (non-hydrogen) atoms. The summed E-state index contributed by atoms with van der Waals surface area (Å²) in [5.41, 5.74) is 5.37. The second-order valence-corrected chi connectivity index (χ2v) is 7.64. The molecule has 4 N–H and O–H groups in total. The fourth-order valence-corrected chi connectivity index (χ4v) is 4.82. The maximum Gasteiger partial charge on any atom is 0.214 e. The summed E-state index contributed by atoms with van der Waals surface area (Å²) in [6.45, 7) is 2.09. The topological polar surface area (TPSA) is 99.3 Å². The number of likely N-dealkylation sites (tertiary alicyclic amines) is 1. The minimum atomic E-state index is -3.14. The number of hydrogen-bond donors (Lipinski definition) is 3. The highest BCUT2D eigenvalue weighted by Gasteiger charge is 2.31. The minimum absolute atomic E-state index is 0.0498. The van der Waals surface area contributed by atoms with E-state index < -0.39 is 10.0 Å². The summed E-state index contributed by atoms with van der Waals surface area (Å²) in [5.74, 6) is 0.171. The van der Waals surface area contributed by atoms with Crippen LogP contribution in [0.15, 0.2) is 0 Å². The Balaban J connectivity index is 1.80. The largest absolute Gasteiger partial charge is 0.387 e. The zero-order valence-corrected chi connectivity index (χ0v) is 12.1. The molecule has 0 unspecified atom stereocenters. The molecule has 0 amide bonds. The molecule has 0 bridgehead atoms. The first-order chi connectivity index (χ1) is 8.97. The molecule has 0 aromatic carbocycles. The first-order valence-corrected chi connectivity index (χ1v) is 8.58. The Labute approximate surface area is 115 Å². The van der Waals surface area contributed by atoms with Gasteiger partial charge in [-0.3, -0.25) is 10.3 Å². The van der Waals surface area contributed by atoms with Gasteiger partial charge < -0.3 is 5.73 Å². The zero-order chi connectivity index (χ0) is 13.9. The number of nitrogens with zero attached hydrogens (tertiary/aromatic N) is 1. The Kier molecular flexibility index (Phi) is 4.81. The Morgan fingerprint density at radius 1 is 1.21 bits per heavy atom. The monoisotopic (exact) mass is 288 g/mol. The van der Waals surface area contributed by atoms with Crippen molar-refractivity contribution in [1.29, 1.82) is 5.41 Å². The standard InChI is InChI=1S/C12H24N4O2S/c13-12(14)9-16-7-5-10(6-8-16)15-19(17,18)11-3-1-2-4-11/h10-11,15H,1-9H2,(H3,13,14). The highest BCUT2D eigenvalue weighted by Crippen LogP contribution is 2.25. The van der Waals surface area contributed by atoms with Crippen LogP contribution in [0.5, 0.6) is 0 Å². The van der Waals surface area contributed by atoms with Crippen LogP contribution < -0.4 is 10.5 Å². The third kappa shape index (κ3) is 4.15. The van der Waals surface area contributed by atoms with Crippen molar-refractivity contribution in [3.63, 3.8) is 0 Å². The molecule has 1 saturated carbocycles. The molecule has 0 atom stereocenters. The average molecular weight is 288 g/mol. The van der Waals surface area contributed by atoms with Gasteiger partial charge in [0.25, 0.3) is 0 Å². The van der Waals surface area contributed by atoms with Crippen LogP contribution in [0.1, 0.15) is 38.5 Å². The van der Waals surface area contributed by atoms with Crippen molar-refractivity contribution in [3.8, 4) is 0 Å². The van der Waals surface area contributed by atoms with Gasteiger partial charge in [0.1, 0.15) is 5.84 Å². The number of amidine groups is 1. The maximum absolute atomic E-state index is 12.2. The predicted octanol–water partition coefficient (Wildman–Crippen LogP) is 0.249. The molecule has 1 saturated heterocycles. The Hall–Kier alpha value is -0.660. The van der Waals surface area contributed by atoms with E-state index in [-0.39, 0.29) is 17.1 Å². The quantitative estimate of drug-likeness (QED) is 0.499. The van der Waals surface area contributed by atoms with Gasteiger partial charge in [0, 0.05) is 19.1 Å². The van der Waals surface area contributed by atoms with E-state index >= 15 is 0 Å². The molecule has 2 fully saturated rings. The SMILES string of the molecule is N=C(N)CN1CCC(NS(=O)(=O)C2CCCC2)CC1. The summed E-state index contributed by atoms with van der Waals surface area (Å²) in [5, 5.41) is 7.08. The molecule has 2 aliphatic rings. The third-order valence-electron chi connectivity index (χ3n) is 4.05. The molecule has 110 valence electrons. The van der Waals surface area contributed by atoms with Gasteiger partial charge in [-0.25, -0.2) is 13.1 Å². The van der Waals surface area contributed by atoms with Gasteiger partial charge in [-0.05, 0) is 25.7 Å². The van der Waals surface area contributed by atoms with Crippen molar-refractivity contribution >= 4 is 15.9 Å². The van der Waals surface area contributed by atoms with Crippen molar-refractivity contribution < 1.29 is 8.42 Å². The zero-order valence-electron chi connectivity index (χ0n) is 11.3. The highest BCUT2D eigenvalue weighted by molar-refractivity contribution is 7.90. The number of nitrogens with one attached hydrogen (secondary N) is 2. The lowest BCUT2D eigenvalue weighted by molar-refractivity contribution is 0.231. The Morgan fingerprint density at radius 3 is 2.32 bits per heavy atom. The molecular weight excluding hydrogens is 264 g/mol. The van der Waals surface area contributed by atoms with Gasteiger partial charge >= 0.3 is 0 Å². The molecular formula is C12H24N4O2S. The minimum Gasteiger partial charge on any atom is -0.387 e. The molecule has 2 rings (SSSR count). The van der Waals surface area contributed by atoms with E-state index in [0.29, 0.717) is 6.54 Å². The summed E-state index contributed by atoms with van der Waals surface area (Å²) in [7, 11) is -3.14. The molecule has 1 aliphatic carbocycles. The van der Waals surface area contributed by atoms with Gasteiger partial charge in [-0.1, -0.05) is 12.8 Å². The van der Waals surface area contributed by atoms with Crippen LogP contribution in [-0.2, 0) is 10.0 Å². The van der Waals surface area contributed by atoms with Gasteiger partial charge in [0.2, 0.25) is 10.0 Å². The molecule has 6 nitrogen and oxygen atoms in total. The van der Waals surface area contributed by atoms with Crippen LogP contribution in [0.3, 0.4) is 0 Å². The summed E-state index contributed by atoms with van der Waals surface area (Å²) in [6.07, 6.45) is 5.28. The van der Waals surface area contributed by atoms with Gasteiger partial charge in [-0.2, -0.15) is 0 Å². The molecule has 7 heteroatoms. The second kappa shape index (κ2) is 6.19. The van der Waals surface area contributed by atoms with E-state index in [9.17, 15) is 8.42 Å². The van der Waals surface area contributed by atoms with Gasteiger partial charge in [0.05, 0.1) is 11.8 Å². The lowest BCUT2D eigenvalue weighted by Crippen LogP contribution is -2.48. The van der Waals surface area contributed by atoms with Crippen molar-refractivity contribution in [3.05, 3.63) is 0 Å². The van der Waals surface area contributed by atoms with Crippen LogP contribution in [0.4, 0.5) is 0 Å². The van der Waals surface area contributed by atoms with Crippen molar-refractivity contribution in [2.75, 3.05) is 19.6 Å². The van der Waals surface area contributed by atoms with E-state index in [4.69, 9.17) is 11.1 Å². The number of piperidine rings is 1. The van der Waals surface area contributed by atoms with Crippen LogP contribution in [0.25, 0.3) is 0 Å². The second-order valence-electron chi connectivity index (χ2n) is 5.64. The maximum atomic E-state index is 12.2. The molecule has 0 aromatic heterocycles. The molecule has 0 radical (unpaired) electrons. The summed E-state index contributed by atoms with van der Waals surface area (Å²) >= 11 is 0. The summed E-state index contributed by atoms with van der Waals surface area (Å²) < 4.78 is 27.2. The number of nitrogens with two attached hydrogens (primary N) is 1. The van der Waals surface area contributed by atoms with Crippen LogP contribution in [0, 0.1) is 5.41 Å². The van der Waals surface area contributed by atoms with Crippen LogP contribution in [-0.4, -0.2) is 50.1 Å². The van der Waals surface area contributed by atoms with E-state index in [1.54, 1.807) is 0 Å². The molecule has 1 heterocycles. The first kappa shape index (κ1) is 14.7. The third-order valence-corrected chi connectivity index (χ3v) is 6.06. The van der Waals surface area contributed by atoms with Crippen LogP contribution in [0.2, 0.25) is 0 Å². The summed E-state index contributed by atoms with van der Waals surface area (Å²) in [4.78, 5) is 2.10. The van der Waals surface area contributed by atoms with Gasteiger partial charge in [-0.15, -0.1) is 0 Å². The number of sulfonamides is 1. The molecule has 0 aromatic rings. The Morgan fingerprint density at radius 2 is 1.79 bits per heavy atom. The lowest BCUT2D eigenvalue weighted by Gasteiger charge is -2.32. The van der Waals surface area contributed by atoms with Crippen molar-refractivity contribution in [2.45, 2.75) is 49.8 Å². The molecule has 1 aliphatic heterocycles. The van der Waals surface area contributed by atoms with E-state index in [2.05, 4.69) is 9.62 Å². The predicted molar refractivity (Wildman–Crippen MR) is 75.7 cm³/mol. The fourth-order valence-electron chi connectivity index (χ4n) is 2.98. The van der Waals surface area contributed by atoms with Crippen LogP contribution >= 0.6 is 0 Å². The van der Waals surface area contributed by atoms with Gasteiger partial charge in [0.15, 0.2) is 0 Å². The number of hydrogen-bond acceptors (Lipinski definition) is 4. The Bertz CT molecular complexity index is 409. The summed E-state index contributed by atoms with van der Waals surface area (Å²) in [6, 6.07) is 0.0498. The highest BCUT2D eigenvalue weighted by atomic mass is 32.2. The van der Waals surface area contributed by atoms with E-state index in [0.717, 1.165) is 51.6 Å². The smallest absolute Gasteiger partial charge is 0.214 e. The number of rotatable bonds is 5. The average Bonchev–Trinajstić information content (AvgIpc) is 2.85. The van der Waals surface area contributed by atoms with E-state index in [1.807, 2.05) is 0 Å². The molecule has 0 spiro atoms. The van der Waals surface area contributed by atoms with E-state index in [1.165, 1.54) is 0 Å². The lowest BCUT2D eigenvalue weighted by atomic mass is 10.1.